The molecule has 21 heavy (non-hydrogen) atoms. The van der Waals surface area contributed by atoms with Gasteiger partial charge in [-0.1, -0.05) is 13.0 Å². The van der Waals surface area contributed by atoms with Gasteiger partial charge in [0.05, 0.1) is 17.2 Å². The minimum Gasteiger partial charge on any atom is -0.506 e. The highest BCUT2D eigenvalue weighted by Crippen LogP contribution is 2.24. The Hall–Kier alpha value is -1.60. The van der Waals surface area contributed by atoms with Crippen LogP contribution in [-0.2, 0) is 21.1 Å². The lowest BCUT2D eigenvalue weighted by Gasteiger charge is -2.23. The molecule has 6 nitrogen and oxygen atoms in total. The molecule has 1 aromatic rings. The molecule has 1 aromatic carbocycles. The van der Waals surface area contributed by atoms with E-state index in [2.05, 4.69) is 10.6 Å². The number of nitrogens with one attached hydrogen (secondary N) is 2. The maximum Gasteiger partial charge on any atom is 0.226 e. The number of amides is 1. The molecular formula is C14H20N2O4S. The van der Waals surface area contributed by atoms with Crippen molar-refractivity contribution < 1.29 is 18.3 Å². The molecule has 1 aliphatic heterocycles. The number of hydrogen-bond acceptors (Lipinski definition) is 5. The van der Waals surface area contributed by atoms with E-state index in [1.807, 2.05) is 6.92 Å². The first kappa shape index (κ1) is 15.8. The molecule has 1 atom stereocenters. The zero-order chi connectivity index (χ0) is 15.5. The van der Waals surface area contributed by atoms with Crippen LogP contribution in [0.5, 0.6) is 5.75 Å². The Morgan fingerprint density at radius 3 is 2.90 bits per heavy atom. The number of rotatable bonds is 4. The smallest absolute Gasteiger partial charge is 0.226 e. The molecule has 3 N–H and O–H groups in total. The summed E-state index contributed by atoms with van der Waals surface area (Å²) in [5.41, 5.74) is 1.36. The molecule has 0 spiro atoms. The predicted molar refractivity (Wildman–Crippen MR) is 81.2 cm³/mol. The molecule has 0 bridgehead atoms. The van der Waals surface area contributed by atoms with Crippen molar-refractivity contribution in [3.63, 3.8) is 0 Å². The molecule has 2 rings (SSSR count). The van der Waals surface area contributed by atoms with E-state index in [9.17, 15) is 18.3 Å². The van der Waals surface area contributed by atoms with Crippen molar-refractivity contribution in [3.8, 4) is 5.75 Å². The maximum absolute atomic E-state index is 12.0. The van der Waals surface area contributed by atoms with Gasteiger partial charge in [0.15, 0.2) is 9.84 Å². The van der Waals surface area contributed by atoms with Crippen LogP contribution >= 0.6 is 0 Å². The summed E-state index contributed by atoms with van der Waals surface area (Å²) in [5.74, 6) is -0.218. The second kappa shape index (κ2) is 6.44. The van der Waals surface area contributed by atoms with Crippen LogP contribution in [-0.4, -0.2) is 43.5 Å². The van der Waals surface area contributed by atoms with Gasteiger partial charge in [0.25, 0.3) is 0 Å². The van der Waals surface area contributed by atoms with E-state index in [0.717, 1.165) is 12.0 Å². The maximum atomic E-state index is 12.0. The molecule has 1 unspecified atom stereocenters. The SMILES string of the molecule is CCc1ccc(O)c(NC(=O)CC2CS(=O)(=O)CCN2)c1. The summed E-state index contributed by atoms with van der Waals surface area (Å²) >= 11 is 0. The molecule has 0 saturated carbocycles. The van der Waals surface area contributed by atoms with Crippen molar-refractivity contribution in [1.29, 1.82) is 0 Å². The summed E-state index contributed by atoms with van der Waals surface area (Å²) in [5, 5.41) is 15.4. The largest absolute Gasteiger partial charge is 0.506 e. The second-order valence-electron chi connectivity index (χ2n) is 5.22. The summed E-state index contributed by atoms with van der Waals surface area (Å²) in [6, 6.07) is 4.68. The molecule has 1 amide bonds. The highest BCUT2D eigenvalue weighted by atomic mass is 32.2. The summed E-state index contributed by atoms with van der Waals surface area (Å²) in [4.78, 5) is 12.0. The number of benzene rings is 1. The van der Waals surface area contributed by atoms with Crippen LogP contribution in [0.3, 0.4) is 0 Å². The fourth-order valence-corrected chi connectivity index (χ4v) is 3.77. The fourth-order valence-electron chi connectivity index (χ4n) is 2.33. The van der Waals surface area contributed by atoms with Crippen molar-refractivity contribution >= 4 is 21.4 Å². The average molecular weight is 312 g/mol. The van der Waals surface area contributed by atoms with E-state index >= 15 is 0 Å². The number of carbonyl (C=O) groups excluding carboxylic acids is 1. The Morgan fingerprint density at radius 1 is 1.48 bits per heavy atom. The Labute approximate surface area is 124 Å². The summed E-state index contributed by atoms with van der Waals surface area (Å²) in [6.07, 6.45) is 0.862. The van der Waals surface area contributed by atoms with Gasteiger partial charge in [-0.15, -0.1) is 0 Å². The Morgan fingerprint density at radius 2 is 2.24 bits per heavy atom. The van der Waals surface area contributed by atoms with Crippen molar-refractivity contribution in [2.24, 2.45) is 0 Å². The predicted octanol–water partition coefficient (Wildman–Crippen LogP) is 0.670. The minimum absolute atomic E-state index is 0.00442. The highest BCUT2D eigenvalue weighted by molar-refractivity contribution is 7.91. The zero-order valence-electron chi connectivity index (χ0n) is 11.9. The monoisotopic (exact) mass is 312 g/mol. The van der Waals surface area contributed by atoms with Crippen LogP contribution in [0.15, 0.2) is 18.2 Å². The Bertz CT molecular complexity index is 628. The molecule has 1 aliphatic rings. The van der Waals surface area contributed by atoms with Crippen LogP contribution in [0.1, 0.15) is 18.9 Å². The first-order valence-electron chi connectivity index (χ1n) is 6.95. The molecule has 0 aliphatic carbocycles. The second-order valence-corrected chi connectivity index (χ2v) is 7.45. The molecular weight excluding hydrogens is 292 g/mol. The minimum atomic E-state index is -3.06. The van der Waals surface area contributed by atoms with Gasteiger partial charge in [-0.05, 0) is 24.1 Å². The molecule has 1 fully saturated rings. The van der Waals surface area contributed by atoms with Crippen molar-refractivity contribution in [1.82, 2.24) is 5.32 Å². The number of phenols is 1. The van der Waals surface area contributed by atoms with Gasteiger partial charge in [0.1, 0.15) is 5.75 Å². The Balaban J connectivity index is 1.99. The van der Waals surface area contributed by atoms with Gasteiger partial charge >= 0.3 is 0 Å². The van der Waals surface area contributed by atoms with Crippen molar-refractivity contribution in [2.75, 3.05) is 23.4 Å². The number of aryl methyl sites for hydroxylation is 1. The van der Waals surface area contributed by atoms with Crippen molar-refractivity contribution in [3.05, 3.63) is 23.8 Å². The number of phenolic OH excluding ortho intramolecular Hbond substituents is 1. The standard InChI is InChI=1S/C14H20N2O4S/c1-2-10-3-4-13(17)12(7-10)16-14(18)8-11-9-21(19,20)6-5-15-11/h3-4,7,11,15,17H,2,5-6,8-9H2,1H3,(H,16,18). The summed E-state index contributed by atoms with van der Waals surface area (Å²) in [7, 11) is -3.06. The van der Waals surface area contributed by atoms with E-state index in [0.29, 0.717) is 12.2 Å². The van der Waals surface area contributed by atoms with E-state index in [4.69, 9.17) is 0 Å². The normalized spacial score (nSPS) is 20.9. The van der Waals surface area contributed by atoms with Crippen LogP contribution in [0.2, 0.25) is 0 Å². The van der Waals surface area contributed by atoms with E-state index in [-0.39, 0.29) is 35.6 Å². The third kappa shape index (κ3) is 4.44. The average Bonchev–Trinajstić information content (AvgIpc) is 2.40. The van der Waals surface area contributed by atoms with Crippen LogP contribution in [0, 0.1) is 0 Å². The number of carbonyl (C=O) groups is 1. The lowest BCUT2D eigenvalue weighted by molar-refractivity contribution is -0.116. The first-order valence-corrected chi connectivity index (χ1v) is 8.77. The Kier molecular flexibility index (Phi) is 4.84. The third-order valence-electron chi connectivity index (χ3n) is 3.48. The molecule has 0 aromatic heterocycles. The number of aromatic hydroxyl groups is 1. The van der Waals surface area contributed by atoms with Crippen LogP contribution in [0.4, 0.5) is 5.69 Å². The molecule has 116 valence electrons. The van der Waals surface area contributed by atoms with E-state index < -0.39 is 9.84 Å². The molecule has 0 radical (unpaired) electrons. The highest BCUT2D eigenvalue weighted by Gasteiger charge is 2.26. The summed E-state index contributed by atoms with van der Waals surface area (Å²) in [6.45, 7) is 2.35. The quantitative estimate of drug-likeness (QED) is 0.710. The summed E-state index contributed by atoms with van der Waals surface area (Å²) < 4.78 is 23.1. The first-order chi connectivity index (χ1) is 9.89. The fraction of sp³-hybridized carbons (Fsp3) is 0.500. The van der Waals surface area contributed by atoms with Crippen LogP contribution in [0.25, 0.3) is 0 Å². The molecule has 1 heterocycles. The lowest BCUT2D eigenvalue weighted by Crippen LogP contribution is -2.46. The topological polar surface area (TPSA) is 95.5 Å². The van der Waals surface area contributed by atoms with Gasteiger partial charge in [-0.25, -0.2) is 8.42 Å². The van der Waals surface area contributed by atoms with Gasteiger partial charge in [-0.3, -0.25) is 4.79 Å². The van der Waals surface area contributed by atoms with Crippen LogP contribution < -0.4 is 10.6 Å². The number of sulfone groups is 1. The number of hydrogen-bond donors (Lipinski definition) is 3. The molecule has 1 saturated heterocycles. The van der Waals surface area contributed by atoms with E-state index in [1.54, 1.807) is 12.1 Å². The van der Waals surface area contributed by atoms with Gasteiger partial charge in [0.2, 0.25) is 5.91 Å². The van der Waals surface area contributed by atoms with Gasteiger partial charge < -0.3 is 15.7 Å². The van der Waals surface area contributed by atoms with E-state index in [1.165, 1.54) is 6.07 Å². The zero-order valence-corrected chi connectivity index (χ0v) is 12.7. The number of anilines is 1. The lowest BCUT2D eigenvalue weighted by atomic mass is 10.1. The molecule has 7 heteroatoms. The van der Waals surface area contributed by atoms with Gasteiger partial charge in [-0.2, -0.15) is 0 Å². The third-order valence-corrected chi connectivity index (χ3v) is 5.21. The van der Waals surface area contributed by atoms with Crippen molar-refractivity contribution in [2.45, 2.75) is 25.8 Å². The van der Waals surface area contributed by atoms with Gasteiger partial charge in [0, 0.05) is 19.0 Å².